The molecule has 0 saturated heterocycles. The number of hydrogen-bond donors (Lipinski definition) is 0. The first-order valence-corrected chi connectivity index (χ1v) is 5.85. The highest BCUT2D eigenvalue weighted by Crippen LogP contribution is 2.28. The molecule has 2 aliphatic rings. The Morgan fingerprint density at radius 2 is 1.25 bits per heavy atom. The fourth-order valence-corrected chi connectivity index (χ4v) is 0.901. The van der Waals surface area contributed by atoms with Crippen molar-refractivity contribution in [3.8, 4) is 0 Å². The normalized spacial score (nSPS) is 19.2. The average Bonchev–Trinajstić information content (AvgIpc) is 2.69. The van der Waals surface area contributed by atoms with Crippen LogP contribution in [0, 0.1) is 5.92 Å². The van der Waals surface area contributed by atoms with Gasteiger partial charge in [-0.2, -0.15) is 0 Å². The molecular weight excluding hydrogens is 144 g/mol. The maximum absolute atomic E-state index is 2.28. The zero-order valence-electron chi connectivity index (χ0n) is 9.23. The van der Waals surface area contributed by atoms with Gasteiger partial charge in [0.25, 0.3) is 0 Å². The summed E-state index contributed by atoms with van der Waals surface area (Å²) in [5.74, 6) is 1.12. The van der Waals surface area contributed by atoms with Gasteiger partial charge in [0, 0.05) is 0 Å². The van der Waals surface area contributed by atoms with E-state index in [1.807, 2.05) is 0 Å². The Hall–Kier alpha value is 0. The highest BCUT2D eigenvalue weighted by atomic mass is 14.2. The second kappa shape index (κ2) is 9.09. The predicted molar refractivity (Wildman–Crippen MR) is 57.4 cm³/mol. The highest BCUT2D eigenvalue weighted by Gasteiger charge is 2.13. The molecule has 0 heterocycles. The standard InChI is InChI=1S/C6H12.C3H6.C3H8/c1-2-6-4-3-5-6;1-2-3-1;1-3-2/h6H,2-5H2,1H3;1-3H2;3H2,1-2H3. The summed E-state index contributed by atoms with van der Waals surface area (Å²) in [5, 5.41) is 0. The molecule has 2 aliphatic carbocycles. The molecule has 0 bridgehead atoms. The minimum absolute atomic E-state index is 1.12. The predicted octanol–water partition coefficient (Wildman–Crippen LogP) is 4.78. The van der Waals surface area contributed by atoms with Crippen molar-refractivity contribution in [2.75, 3.05) is 0 Å². The van der Waals surface area contributed by atoms with Crippen LogP contribution in [0.1, 0.15) is 72.1 Å². The topological polar surface area (TPSA) is 0 Å². The Labute approximate surface area is 78.8 Å². The molecule has 12 heavy (non-hydrogen) atoms. The zero-order valence-corrected chi connectivity index (χ0v) is 9.23. The van der Waals surface area contributed by atoms with E-state index in [0.29, 0.717) is 0 Å². The summed E-state index contributed by atoms with van der Waals surface area (Å²) >= 11 is 0. The molecule has 0 aromatic rings. The molecule has 0 heteroatoms. The molecule has 0 nitrogen and oxygen atoms in total. The van der Waals surface area contributed by atoms with Crippen LogP contribution >= 0.6 is 0 Å². The van der Waals surface area contributed by atoms with E-state index in [0.717, 1.165) is 5.92 Å². The lowest BCUT2D eigenvalue weighted by molar-refractivity contribution is 0.307. The van der Waals surface area contributed by atoms with E-state index in [-0.39, 0.29) is 0 Å². The summed E-state index contributed by atoms with van der Waals surface area (Å²) in [5.41, 5.74) is 0. The maximum Gasteiger partial charge on any atom is -0.0417 e. The van der Waals surface area contributed by atoms with Crippen LogP contribution in [-0.2, 0) is 0 Å². The summed E-state index contributed by atoms with van der Waals surface area (Å²) in [7, 11) is 0. The monoisotopic (exact) mass is 170 g/mol. The Kier molecular flexibility index (Phi) is 9.09. The van der Waals surface area contributed by atoms with Crippen LogP contribution < -0.4 is 0 Å². The van der Waals surface area contributed by atoms with E-state index in [2.05, 4.69) is 20.8 Å². The van der Waals surface area contributed by atoms with Crippen molar-refractivity contribution in [2.45, 2.75) is 72.1 Å². The smallest absolute Gasteiger partial charge is 0.0417 e. The van der Waals surface area contributed by atoms with Gasteiger partial charge in [-0.3, -0.25) is 0 Å². The molecule has 2 saturated carbocycles. The molecule has 2 rings (SSSR count). The summed E-state index contributed by atoms with van der Waals surface area (Å²) in [6, 6.07) is 0. The minimum Gasteiger partial charge on any atom is -0.0656 e. The van der Waals surface area contributed by atoms with Gasteiger partial charge in [-0.15, -0.1) is 0 Å². The van der Waals surface area contributed by atoms with Gasteiger partial charge in [0.2, 0.25) is 0 Å². The van der Waals surface area contributed by atoms with Crippen LogP contribution in [0.2, 0.25) is 0 Å². The lowest BCUT2D eigenvalue weighted by atomic mass is 9.84. The lowest BCUT2D eigenvalue weighted by Crippen LogP contribution is -2.08. The van der Waals surface area contributed by atoms with Gasteiger partial charge in [-0.1, -0.05) is 72.1 Å². The van der Waals surface area contributed by atoms with Gasteiger partial charge in [0.05, 0.1) is 0 Å². The van der Waals surface area contributed by atoms with Gasteiger partial charge in [0.15, 0.2) is 0 Å². The Morgan fingerprint density at radius 1 is 0.833 bits per heavy atom. The van der Waals surface area contributed by atoms with E-state index >= 15 is 0 Å². The van der Waals surface area contributed by atoms with Crippen LogP contribution in [0.3, 0.4) is 0 Å². The van der Waals surface area contributed by atoms with Crippen LogP contribution in [0.25, 0.3) is 0 Å². The van der Waals surface area contributed by atoms with Gasteiger partial charge in [-0.05, 0) is 5.92 Å². The molecular formula is C12H26. The quantitative estimate of drug-likeness (QED) is 0.531. The first kappa shape index (κ1) is 12.0. The van der Waals surface area contributed by atoms with Crippen molar-refractivity contribution in [3.05, 3.63) is 0 Å². The Balaban J connectivity index is 0.000000171. The largest absolute Gasteiger partial charge is 0.0656 e. The third kappa shape index (κ3) is 10.0. The molecule has 0 unspecified atom stereocenters. The van der Waals surface area contributed by atoms with E-state index in [1.54, 1.807) is 0 Å². The fraction of sp³-hybridized carbons (Fsp3) is 1.00. The summed E-state index contributed by atoms with van der Waals surface area (Å²) in [6.07, 6.45) is 11.7. The van der Waals surface area contributed by atoms with Gasteiger partial charge < -0.3 is 0 Å². The molecule has 0 amide bonds. The van der Waals surface area contributed by atoms with E-state index in [4.69, 9.17) is 0 Å². The fourth-order valence-electron chi connectivity index (χ4n) is 0.901. The molecule has 0 N–H and O–H groups in total. The van der Waals surface area contributed by atoms with E-state index in [1.165, 1.54) is 51.4 Å². The molecule has 0 atom stereocenters. The molecule has 0 aromatic carbocycles. The molecule has 0 aliphatic heterocycles. The van der Waals surface area contributed by atoms with E-state index < -0.39 is 0 Å². The van der Waals surface area contributed by atoms with Crippen molar-refractivity contribution in [3.63, 3.8) is 0 Å². The summed E-state index contributed by atoms with van der Waals surface area (Å²) in [6.45, 7) is 6.53. The number of rotatable bonds is 1. The second-order valence-electron chi connectivity index (χ2n) is 3.97. The third-order valence-electron chi connectivity index (χ3n) is 2.16. The van der Waals surface area contributed by atoms with Gasteiger partial charge in [-0.25, -0.2) is 0 Å². The van der Waals surface area contributed by atoms with Crippen LogP contribution in [0.15, 0.2) is 0 Å². The highest BCUT2D eigenvalue weighted by molar-refractivity contribution is 4.66. The zero-order chi connectivity index (χ0) is 9.23. The summed E-state index contributed by atoms with van der Waals surface area (Å²) < 4.78 is 0. The van der Waals surface area contributed by atoms with Crippen LogP contribution in [0.5, 0.6) is 0 Å². The summed E-state index contributed by atoms with van der Waals surface area (Å²) in [4.78, 5) is 0. The maximum atomic E-state index is 2.28. The average molecular weight is 170 g/mol. The van der Waals surface area contributed by atoms with Gasteiger partial charge >= 0.3 is 0 Å². The second-order valence-corrected chi connectivity index (χ2v) is 3.97. The minimum atomic E-state index is 1.12. The number of hydrogen-bond acceptors (Lipinski definition) is 0. The van der Waals surface area contributed by atoms with Crippen molar-refractivity contribution >= 4 is 0 Å². The van der Waals surface area contributed by atoms with Crippen LogP contribution in [-0.4, -0.2) is 0 Å². The molecule has 0 radical (unpaired) electrons. The van der Waals surface area contributed by atoms with Gasteiger partial charge in [0.1, 0.15) is 0 Å². The first-order valence-electron chi connectivity index (χ1n) is 5.85. The van der Waals surface area contributed by atoms with E-state index in [9.17, 15) is 0 Å². The molecule has 0 aromatic heterocycles. The SMILES string of the molecule is C1CC1.CCC.CCC1CCC1. The van der Waals surface area contributed by atoms with Crippen molar-refractivity contribution in [1.29, 1.82) is 0 Å². The first-order chi connectivity index (χ1) is 5.85. The van der Waals surface area contributed by atoms with Crippen LogP contribution in [0.4, 0.5) is 0 Å². The molecule has 2 fully saturated rings. The van der Waals surface area contributed by atoms with Crippen molar-refractivity contribution in [1.82, 2.24) is 0 Å². The Morgan fingerprint density at radius 3 is 1.25 bits per heavy atom. The molecule has 0 spiro atoms. The van der Waals surface area contributed by atoms with Crippen molar-refractivity contribution in [2.24, 2.45) is 5.92 Å². The van der Waals surface area contributed by atoms with Crippen molar-refractivity contribution < 1.29 is 0 Å². The Bertz CT molecular complexity index is 64.6. The third-order valence-corrected chi connectivity index (χ3v) is 2.16. The molecule has 74 valence electrons. The lowest BCUT2D eigenvalue weighted by Gasteiger charge is -2.22.